The number of fused-ring (bicyclic) bond motifs is 1. The van der Waals surface area contributed by atoms with Crippen LogP contribution in [0, 0.1) is 0 Å². The highest BCUT2D eigenvalue weighted by molar-refractivity contribution is 6.02. The van der Waals surface area contributed by atoms with Crippen LogP contribution in [-0.4, -0.2) is 49.1 Å². The number of carbonyl (C=O) groups is 4. The number of hydrogen-bond acceptors (Lipinski definition) is 6. The van der Waals surface area contributed by atoms with Crippen molar-refractivity contribution in [2.24, 2.45) is 0 Å². The van der Waals surface area contributed by atoms with Gasteiger partial charge >= 0.3 is 6.09 Å². The van der Waals surface area contributed by atoms with Crippen molar-refractivity contribution in [1.29, 1.82) is 0 Å². The monoisotopic (exact) mass is 392 g/mol. The molecule has 0 spiro atoms. The Morgan fingerprint density at radius 1 is 1.14 bits per heavy atom. The number of rotatable bonds is 5. The number of benzene rings is 1. The van der Waals surface area contributed by atoms with E-state index in [-0.39, 0.29) is 32.0 Å². The molecule has 0 aromatic heterocycles. The SMILES string of the molecule is CC(C)(C)OC(=O)NCCC(=O)NNC(=O)CN1C(=O)COc2ccccc21. The Balaban J connectivity index is 1.73. The van der Waals surface area contributed by atoms with E-state index in [9.17, 15) is 19.2 Å². The van der Waals surface area contributed by atoms with Crippen LogP contribution in [0.3, 0.4) is 0 Å². The van der Waals surface area contributed by atoms with Crippen LogP contribution in [0.15, 0.2) is 24.3 Å². The van der Waals surface area contributed by atoms with Crippen molar-refractivity contribution in [3.63, 3.8) is 0 Å². The van der Waals surface area contributed by atoms with E-state index in [1.807, 2.05) is 0 Å². The molecule has 0 saturated heterocycles. The van der Waals surface area contributed by atoms with Gasteiger partial charge in [0.2, 0.25) is 5.91 Å². The van der Waals surface area contributed by atoms with Crippen molar-refractivity contribution in [2.75, 3.05) is 24.6 Å². The van der Waals surface area contributed by atoms with Crippen LogP contribution in [0.5, 0.6) is 5.75 Å². The number of anilines is 1. The number of alkyl carbamates (subject to hydrolysis) is 1. The minimum Gasteiger partial charge on any atom is -0.482 e. The average molecular weight is 392 g/mol. The lowest BCUT2D eigenvalue weighted by Gasteiger charge is -2.28. The molecular weight excluding hydrogens is 368 g/mol. The predicted octanol–water partition coefficient (Wildman–Crippen LogP) is 0.474. The summed E-state index contributed by atoms with van der Waals surface area (Å²) in [7, 11) is 0. The molecule has 0 unspecified atom stereocenters. The number of amides is 4. The topological polar surface area (TPSA) is 126 Å². The quantitative estimate of drug-likeness (QED) is 0.626. The molecule has 0 aliphatic carbocycles. The normalized spacial score (nSPS) is 13.1. The second-order valence-electron chi connectivity index (χ2n) is 7.01. The van der Waals surface area contributed by atoms with Crippen LogP contribution >= 0.6 is 0 Å². The summed E-state index contributed by atoms with van der Waals surface area (Å²) in [5, 5.41) is 2.44. The molecule has 0 fully saturated rings. The summed E-state index contributed by atoms with van der Waals surface area (Å²) in [5.74, 6) is -0.925. The summed E-state index contributed by atoms with van der Waals surface area (Å²) in [6, 6.07) is 6.86. The fraction of sp³-hybridized carbons (Fsp3) is 0.444. The van der Waals surface area contributed by atoms with Gasteiger partial charge in [0.05, 0.1) is 5.69 Å². The molecule has 0 saturated carbocycles. The lowest BCUT2D eigenvalue weighted by Crippen LogP contribution is -2.50. The lowest BCUT2D eigenvalue weighted by molar-refractivity contribution is -0.129. The number of para-hydroxylation sites is 2. The minimum absolute atomic E-state index is 0.0476. The van der Waals surface area contributed by atoms with Gasteiger partial charge < -0.3 is 14.8 Å². The van der Waals surface area contributed by atoms with Crippen LogP contribution in [0.4, 0.5) is 10.5 Å². The molecule has 10 heteroatoms. The highest BCUT2D eigenvalue weighted by atomic mass is 16.6. The first kappa shape index (κ1) is 21.0. The van der Waals surface area contributed by atoms with Gasteiger partial charge in [0.15, 0.2) is 6.61 Å². The molecule has 1 heterocycles. The molecule has 0 bridgehead atoms. The van der Waals surface area contributed by atoms with Gasteiger partial charge in [-0.05, 0) is 32.9 Å². The van der Waals surface area contributed by atoms with E-state index in [2.05, 4.69) is 16.2 Å². The summed E-state index contributed by atoms with van der Waals surface area (Å²) >= 11 is 0. The van der Waals surface area contributed by atoms with E-state index >= 15 is 0 Å². The summed E-state index contributed by atoms with van der Waals surface area (Å²) in [6.07, 6.45) is -0.687. The Morgan fingerprint density at radius 2 is 1.82 bits per heavy atom. The number of carbonyl (C=O) groups excluding carboxylic acids is 4. The Morgan fingerprint density at radius 3 is 2.54 bits per heavy atom. The van der Waals surface area contributed by atoms with Crippen molar-refractivity contribution in [3.8, 4) is 5.75 Å². The van der Waals surface area contributed by atoms with Gasteiger partial charge in [-0.3, -0.25) is 30.1 Å². The highest BCUT2D eigenvalue weighted by Crippen LogP contribution is 2.30. The van der Waals surface area contributed by atoms with Crippen molar-refractivity contribution >= 4 is 29.5 Å². The van der Waals surface area contributed by atoms with Crippen molar-refractivity contribution in [2.45, 2.75) is 32.8 Å². The van der Waals surface area contributed by atoms with E-state index < -0.39 is 23.5 Å². The first-order valence-electron chi connectivity index (χ1n) is 8.72. The van der Waals surface area contributed by atoms with Crippen molar-refractivity contribution < 1.29 is 28.7 Å². The van der Waals surface area contributed by atoms with Crippen LogP contribution in [0.25, 0.3) is 0 Å². The molecule has 2 rings (SSSR count). The number of hydrogen-bond donors (Lipinski definition) is 3. The van der Waals surface area contributed by atoms with Crippen LogP contribution in [-0.2, 0) is 19.1 Å². The average Bonchev–Trinajstić information content (AvgIpc) is 2.61. The standard InChI is InChI=1S/C18H24N4O6/c1-18(2,3)28-17(26)19-9-8-14(23)20-21-15(24)10-22-12-6-4-5-7-13(12)27-11-16(22)25/h4-7H,8-11H2,1-3H3,(H,19,26)(H,20,23)(H,21,24). The minimum atomic E-state index is -0.631. The van der Waals surface area contributed by atoms with Gasteiger partial charge in [-0.2, -0.15) is 0 Å². The Hall–Kier alpha value is -3.30. The molecule has 28 heavy (non-hydrogen) atoms. The third-order valence-electron chi connectivity index (χ3n) is 3.47. The molecule has 1 aromatic carbocycles. The molecule has 1 aliphatic rings. The van der Waals surface area contributed by atoms with E-state index in [4.69, 9.17) is 9.47 Å². The molecule has 4 amide bonds. The third kappa shape index (κ3) is 6.45. The Labute approximate surface area is 162 Å². The van der Waals surface area contributed by atoms with E-state index in [0.717, 1.165) is 0 Å². The van der Waals surface area contributed by atoms with Crippen molar-refractivity contribution in [1.82, 2.24) is 16.2 Å². The maximum absolute atomic E-state index is 12.1. The summed E-state index contributed by atoms with van der Waals surface area (Å²) in [5.41, 5.74) is 4.33. The van der Waals surface area contributed by atoms with Gasteiger partial charge in [-0.1, -0.05) is 12.1 Å². The number of hydrazine groups is 1. The van der Waals surface area contributed by atoms with E-state index in [1.54, 1.807) is 45.0 Å². The van der Waals surface area contributed by atoms with Gasteiger partial charge in [0.1, 0.15) is 17.9 Å². The highest BCUT2D eigenvalue weighted by Gasteiger charge is 2.27. The first-order chi connectivity index (χ1) is 13.2. The second-order valence-corrected chi connectivity index (χ2v) is 7.01. The van der Waals surface area contributed by atoms with E-state index in [1.165, 1.54) is 4.90 Å². The Bertz CT molecular complexity index is 759. The Kier molecular flexibility index (Phi) is 6.80. The summed E-state index contributed by atoms with van der Waals surface area (Å²) in [6.45, 7) is 4.81. The van der Waals surface area contributed by atoms with Gasteiger partial charge in [0, 0.05) is 13.0 Å². The fourth-order valence-corrected chi connectivity index (χ4v) is 2.30. The molecule has 1 aromatic rings. The smallest absolute Gasteiger partial charge is 0.407 e. The zero-order valence-corrected chi connectivity index (χ0v) is 16.0. The zero-order chi connectivity index (χ0) is 20.7. The third-order valence-corrected chi connectivity index (χ3v) is 3.47. The molecule has 0 atom stereocenters. The number of nitrogens with one attached hydrogen (secondary N) is 3. The van der Waals surface area contributed by atoms with Gasteiger partial charge in [0.25, 0.3) is 11.8 Å². The number of ether oxygens (including phenoxy) is 2. The molecule has 0 radical (unpaired) electrons. The number of nitrogens with zero attached hydrogens (tertiary/aromatic N) is 1. The molecule has 3 N–H and O–H groups in total. The first-order valence-corrected chi connectivity index (χ1v) is 8.72. The fourth-order valence-electron chi connectivity index (χ4n) is 2.30. The van der Waals surface area contributed by atoms with Crippen molar-refractivity contribution in [3.05, 3.63) is 24.3 Å². The zero-order valence-electron chi connectivity index (χ0n) is 16.0. The maximum Gasteiger partial charge on any atom is 0.407 e. The van der Waals surface area contributed by atoms with Gasteiger partial charge in [-0.25, -0.2) is 4.79 Å². The molecule has 152 valence electrons. The van der Waals surface area contributed by atoms with Crippen LogP contribution < -0.4 is 25.8 Å². The largest absolute Gasteiger partial charge is 0.482 e. The molecule has 10 nitrogen and oxygen atoms in total. The lowest BCUT2D eigenvalue weighted by atomic mass is 10.2. The summed E-state index contributed by atoms with van der Waals surface area (Å²) in [4.78, 5) is 48.6. The summed E-state index contributed by atoms with van der Waals surface area (Å²) < 4.78 is 10.3. The van der Waals surface area contributed by atoms with Crippen LogP contribution in [0.2, 0.25) is 0 Å². The van der Waals surface area contributed by atoms with Crippen LogP contribution in [0.1, 0.15) is 27.2 Å². The molecular formula is C18H24N4O6. The van der Waals surface area contributed by atoms with E-state index in [0.29, 0.717) is 11.4 Å². The van der Waals surface area contributed by atoms with Gasteiger partial charge in [-0.15, -0.1) is 0 Å². The maximum atomic E-state index is 12.1. The second kappa shape index (κ2) is 9.07. The predicted molar refractivity (Wildman–Crippen MR) is 99.4 cm³/mol. The molecule has 1 aliphatic heterocycles.